The predicted octanol–water partition coefficient (Wildman–Crippen LogP) is 4.96. The van der Waals surface area contributed by atoms with Crippen molar-refractivity contribution in [1.29, 1.82) is 0 Å². The summed E-state index contributed by atoms with van der Waals surface area (Å²) < 4.78 is 0. The number of hydrogen-bond acceptors (Lipinski definition) is 2. The van der Waals surface area contributed by atoms with Crippen molar-refractivity contribution in [2.24, 2.45) is 0 Å². The number of nitrogens with two attached hydrogens (primary N) is 1. The lowest BCUT2D eigenvalue weighted by molar-refractivity contribution is -0.116. The number of carbonyl (C=O) groups excluding carboxylic acids is 1. The minimum absolute atomic E-state index is 0.107. The summed E-state index contributed by atoms with van der Waals surface area (Å²) in [5.74, 6) is 0.107. The highest BCUT2D eigenvalue weighted by molar-refractivity contribution is 5.91. The lowest BCUT2D eigenvalue weighted by Crippen LogP contribution is -2.12. The molecule has 0 fully saturated rings. The highest BCUT2D eigenvalue weighted by atomic mass is 16.1. The quantitative estimate of drug-likeness (QED) is 0.498. The van der Waals surface area contributed by atoms with Gasteiger partial charge in [-0.1, -0.05) is 45.4 Å². The van der Waals surface area contributed by atoms with Gasteiger partial charge < -0.3 is 11.1 Å². The van der Waals surface area contributed by atoms with Crippen molar-refractivity contribution in [2.45, 2.75) is 72.1 Å². The Morgan fingerprint density at radius 2 is 1.62 bits per heavy atom. The zero-order chi connectivity index (χ0) is 15.7. The van der Waals surface area contributed by atoms with Gasteiger partial charge in [0.1, 0.15) is 0 Å². The highest BCUT2D eigenvalue weighted by Gasteiger charge is 2.06. The first-order valence-corrected chi connectivity index (χ1v) is 8.21. The van der Waals surface area contributed by atoms with Crippen molar-refractivity contribution in [1.82, 2.24) is 0 Å². The average Bonchev–Trinajstić information content (AvgIpc) is 2.44. The molecular weight excluding hydrogens is 260 g/mol. The molecule has 1 aromatic carbocycles. The van der Waals surface area contributed by atoms with Gasteiger partial charge in [-0.2, -0.15) is 0 Å². The predicted molar refractivity (Wildman–Crippen MR) is 91.6 cm³/mol. The van der Waals surface area contributed by atoms with E-state index < -0.39 is 0 Å². The normalized spacial score (nSPS) is 10.6. The summed E-state index contributed by atoms with van der Waals surface area (Å²) in [5, 5.41) is 2.99. The molecule has 1 amide bonds. The van der Waals surface area contributed by atoms with Gasteiger partial charge in [0.05, 0.1) is 0 Å². The average molecular weight is 290 g/mol. The Morgan fingerprint density at radius 3 is 2.29 bits per heavy atom. The lowest BCUT2D eigenvalue weighted by Gasteiger charge is -2.11. The fourth-order valence-electron chi connectivity index (χ4n) is 2.43. The second-order valence-corrected chi connectivity index (χ2v) is 5.94. The van der Waals surface area contributed by atoms with Crippen LogP contribution >= 0.6 is 0 Å². The standard InChI is InChI=1S/C18H30N2O/c1-4-5-6-7-8-9-10-11-18(21)20-17-13-14(2)16(19)12-15(17)3/h12-13H,4-11,19H2,1-3H3,(H,20,21). The zero-order valence-corrected chi connectivity index (χ0v) is 13.8. The monoisotopic (exact) mass is 290 g/mol. The molecule has 0 saturated heterocycles. The third kappa shape index (κ3) is 6.65. The first-order valence-electron chi connectivity index (χ1n) is 8.21. The van der Waals surface area contributed by atoms with Crippen LogP contribution < -0.4 is 11.1 Å². The molecule has 3 N–H and O–H groups in total. The molecule has 0 saturated carbocycles. The van der Waals surface area contributed by atoms with Crippen LogP contribution in [0.3, 0.4) is 0 Å². The Morgan fingerprint density at radius 1 is 1.00 bits per heavy atom. The van der Waals surface area contributed by atoms with Crippen LogP contribution in [0.15, 0.2) is 12.1 Å². The number of carbonyl (C=O) groups is 1. The maximum atomic E-state index is 12.0. The van der Waals surface area contributed by atoms with E-state index in [0.29, 0.717) is 6.42 Å². The van der Waals surface area contributed by atoms with E-state index in [0.717, 1.165) is 35.3 Å². The number of benzene rings is 1. The molecular formula is C18H30N2O. The van der Waals surface area contributed by atoms with Gasteiger partial charge in [0.25, 0.3) is 0 Å². The van der Waals surface area contributed by atoms with Crippen molar-refractivity contribution in [2.75, 3.05) is 11.1 Å². The molecule has 0 spiro atoms. The number of nitrogen functional groups attached to an aromatic ring is 1. The van der Waals surface area contributed by atoms with Gasteiger partial charge in [0.2, 0.25) is 5.91 Å². The van der Waals surface area contributed by atoms with Gasteiger partial charge in [-0.05, 0) is 43.5 Å². The largest absolute Gasteiger partial charge is 0.399 e. The first kappa shape index (κ1) is 17.5. The number of anilines is 2. The minimum Gasteiger partial charge on any atom is -0.399 e. The van der Waals surface area contributed by atoms with E-state index in [1.807, 2.05) is 26.0 Å². The Balaban J connectivity index is 2.26. The van der Waals surface area contributed by atoms with Gasteiger partial charge in [-0.3, -0.25) is 4.79 Å². The second-order valence-electron chi connectivity index (χ2n) is 5.94. The fraction of sp³-hybridized carbons (Fsp3) is 0.611. The molecule has 0 unspecified atom stereocenters. The van der Waals surface area contributed by atoms with Gasteiger partial charge >= 0.3 is 0 Å². The Labute approximate surface area is 129 Å². The summed E-state index contributed by atoms with van der Waals surface area (Å²) in [6.07, 6.45) is 9.21. The summed E-state index contributed by atoms with van der Waals surface area (Å²) in [7, 11) is 0. The third-order valence-corrected chi connectivity index (χ3v) is 3.89. The van der Waals surface area contributed by atoms with Gasteiger partial charge in [0, 0.05) is 17.8 Å². The van der Waals surface area contributed by atoms with Crippen molar-refractivity contribution in [3.05, 3.63) is 23.3 Å². The second kappa shape index (κ2) is 9.43. The van der Waals surface area contributed by atoms with Crippen LogP contribution in [0.25, 0.3) is 0 Å². The smallest absolute Gasteiger partial charge is 0.224 e. The van der Waals surface area contributed by atoms with E-state index in [9.17, 15) is 4.79 Å². The van der Waals surface area contributed by atoms with Crippen LogP contribution in [-0.2, 0) is 4.79 Å². The molecule has 1 aromatic rings. The van der Waals surface area contributed by atoms with Gasteiger partial charge in [0.15, 0.2) is 0 Å². The van der Waals surface area contributed by atoms with Crippen molar-refractivity contribution in [3.8, 4) is 0 Å². The molecule has 21 heavy (non-hydrogen) atoms. The molecule has 3 nitrogen and oxygen atoms in total. The fourth-order valence-corrected chi connectivity index (χ4v) is 2.43. The van der Waals surface area contributed by atoms with Crippen LogP contribution in [0.4, 0.5) is 11.4 Å². The van der Waals surface area contributed by atoms with Crippen molar-refractivity contribution in [3.63, 3.8) is 0 Å². The number of nitrogens with one attached hydrogen (secondary N) is 1. The minimum atomic E-state index is 0.107. The van der Waals surface area contributed by atoms with Crippen LogP contribution in [0, 0.1) is 13.8 Å². The van der Waals surface area contributed by atoms with Gasteiger partial charge in [-0.25, -0.2) is 0 Å². The molecule has 1 rings (SSSR count). The summed E-state index contributed by atoms with van der Waals surface area (Å²) in [4.78, 5) is 12.0. The van der Waals surface area contributed by atoms with E-state index in [1.165, 1.54) is 32.1 Å². The number of hydrogen-bond donors (Lipinski definition) is 2. The van der Waals surface area contributed by atoms with E-state index in [4.69, 9.17) is 5.73 Å². The number of aryl methyl sites for hydroxylation is 2. The van der Waals surface area contributed by atoms with E-state index in [-0.39, 0.29) is 5.91 Å². The van der Waals surface area contributed by atoms with Crippen molar-refractivity contribution >= 4 is 17.3 Å². The molecule has 0 radical (unpaired) electrons. The molecule has 0 aliphatic carbocycles. The lowest BCUT2D eigenvalue weighted by atomic mass is 10.1. The SMILES string of the molecule is CCCCCCCCCC(=O)Nc1cc(C)c(N)cc1C. The van der Waals surface area contributed by atoms with Gasteiger partial charge in [-0.15, -0.1) is 0 Å². The number of amides is 1. The number of rotatable bonds is 9. The number of unbranched alkanes of at least 4 members (excludes halogenated alkanes) is 6. The molecule has 0 aromatic heterocycles. The topological polar surface area (TPSA) is 55.1 Å². The Hall–Kier alpha value is -1.51. The molecule has 0 heterocycles. The van der Waals surface area contributed by atoms with Crippen LogP contribution in [0.2, 0.25) is 0 Å². The Kier molecular flexibility index (Phi) is 7.88. The highest BCUT2D eigenvalue weighted by Crippen LogP contribution is 2.22. The Bertz CT molecular complexity index is 455. The molecule has 3 heteroatoms. The summed E-state index contributed by atoms with van der Waals surface area (Å²) in [6.45, 7) is 6.16. The first-order chi connectivity index (χ1) is 10.0. The van der Waals surface area contributed by atoms with E-state index in [1.54, 1.807) is 0 Å². The van der Waals surface area contributed by atoms with Crippen LogP contribution in [0.5, 0.6) is 0 Å². The van der Waals surface area contributed by atoms with Crippen molar-refractivity contribution < 1.29 is 4.79 Å². The summed E-state index contributed by atoms with van der Waals surface area (Å²) in [5.41, 5.74) is 9.54. The van der Waals surface area contributed by atoms with Crippen LogP contribution in [0.1, 0.15) is 69.4 Å². The van der Waals surface area contributed by atoms with Crippen LogP contribution in [-0.4, -0.2) is 5.91 Å². The molecule has 0 aliphatic rings. The molecule has 0 aliphatic heterocycles. The molecule has 0 bridgehead atoms. The summed E-state index contributed by atoms with van der Waals surface area (Å²) >= 11 is 0. The molecule has 0 atom stereocenters. The van der Waals surface area contributed by atoms with E-state index >= 15 is 0 Å². The maximum Gasteiger partial charge on any atom is 0.224 e. The third-order valence-electron chi connectivity index (χ3n) is 3.89. The summed E-state index contributed by atoms with van der Waals surface area (Å²) in [6, 6.07) is 3.87. The molecule has 118 valence electrons. The van der Waals surface area contributed by atoms with E-state index in [2.05, 4.69) is 12.2 Å². The maximum absolute atomic E-state index is 12.0. The zero-order valence-electron chi connectivity index (χ0n) is 13.8.